The molecule has 0 saturated heterocycles. The van der Waals surface area contributed by atoms with Crippen LogP contribution in [0.3, 0.4) is 0 Å². The molecule has 0 rings (SSSR count). The molecular weight excluding hydrogens is 124 g/mol. The zero-order valence-corrected chi connectivity index (χ0v) is 5.92. The zero-order valence-electron chi connectivity index (χ0n) is 4.64. The van der Waals surface area contributed by atoms with E-state index in [4.69, 9.17) is 0 Å². The van der Waals surface area contributed by atoms with Crippen LogP contribution in [0.5, 0.6) is 0 Å². The third kappa shape index (κ3) is 3.85. The van der Waals surface area contributed by atoms with Gasteiger partial charge in [-0.05, 0) is 0 Å². The minimum absolute atomic E-state index is 1.27. The van der Waals surface area contributed by atoms with Crippen LogP contribution in [-0.4, -0.2) is 0 Å². The summed E-state index contributed by atoms with van der Waals surface area (Å²) < 4.78 is 0. The molecule has 0 spiro atoms. The van der Waals surface area contributed by atoms with Crippen LogP contribution in [0, 0.1) is 0 Å². The molecule has 0 heterocycles. The van der Waals surface area contributed by atoms with Gasteiger partial charge in [-0.25, -0.2) is 0 Å². The molecule has 0 aliphatic carbocycles. The van der Waals surface area contributed by atoms with Crippen molar-refractivity contribution in [2.75, 3.05) is 0 Å². The monoisotopic (exact) mass is 133 g/mol. The standard InChI is InChI=1S/C6H9.Cr/c1-4-5-6(2)3;/h2,4-5H,1,3H3;. The Balaban J connectivity index is 3.58. The third-order valence-electron chi connectivity index (χ3n) is 0.615. The van der Waals surface area contributed by atoms with Gasteiger partial charge in [0.25, 0.3) is 0 Å². The summed E-state index contributed by atoms with van der Waals surface area (Å²) in [6.07, 6.45) is 4.07. The summed E-state index contributed by atoms with van der Waals surface area (Å²) >= 11 is 2.81. The van der Waals surface area contributed by atoms with Crippen LogP contribution in [0.2, 0.25) is 0 Å². The van der Waals surface area contributed by atoms with Crippen LogP contribution in [0.25, 0.3) is 0 Å². The van der Waals surface area contributed by atoms with E-state index in [-0.39, 0.29) is 0 Å². The van der Waals surface area contributed by atoms with Crippen LogP contribution < -0.4 is 0 Å². The Kier molecular flexibility index (Phi) is 4.19. The molecule has 0 aromatic carbocycles. The van der Waals surface area contributed by atoms with Gasteiger partial charge in [0.2, 0.25) is 0 Å². The van der Waals surface area contributed by atoms with Crippen LogP contribution in [-0.2, 0) is 16.3 Å². The van der Waals surface area contributed by atoms with E-state index in [0.29, 0.717) is 0 Å². The third-order valence-corrected chi connectivity index (χ3v) is 1.20. The number of hydrogen-bond acceptors (Lipinski definition) is 0. The van der Waals surface area contributed by atoms with E-state index < -0.39 is 0 Å². The van der Waals surface area contributed by atoms with E-state index in [1.54, 1.807) is 0 Å². The Morgan fingerprint density at radius 1 is 1.57 bits per heavy atom. The first kappa shape index (κ1) is 7.01. The average molecular weight is 133 g/mol. The summed E-state index contributed by atoms with van der Waals surface area (Å²) in [7, 11) is 0. The van der Waals surface area contributed by atoms with Gasteiger partial charge in [-0.15, -0.1) is 0 Å². The van der Waals surface area contributed by atoms with Crippen molar-refractivity contribution in [3.8, 4) is 0 Å². The zero-order chi connectivity index (χ0) is 5.70. The average Bonchev–Trinajstić information content (AvgIpc) is 1.68. The molecule has 0 aliphatic rings. The van der Waals surface area contributed by atoms with Crippen LogP contribution >= 0.6 is 0 Å². The van der Waals surface area contributed by atoms with Gasteiger partial charge >= 0.3 is 52.8 Å². The van der Waals surface area contributed by atoms with Crippen molar-refractivity contribution in [2.45, 2.75) is 13.8 Å². The molecule has 0 saturated carbocycles. The van der Waals surface area contributed by atoms with Crippen molar-refractivity contribution in [3.63, 3.8) is 0 Å². The Morgan fingerprint density at radius 2 is 2.14 bits per heavy atom. The quantitative estimate of drug-likeness (QED) is 0.480. The van der Waals surface area contributed by atoms with Crippen molar-refractivity contribution in [3.05, 3.63) is 22.7 Å². The topological polar surface area (TPSA) is 0 Å². The number of allylic oxidation sites excluding steroid dienone is 3. The van der Waals surface area contributed by atoms with Crippen LogP contribution in [0.1, 0.15) is 13.8 Å². The second-order valence-electron chi connectivity index (χ2n) is 1.36. The van der Waals surface area contributed by atoms with Crippen molar-refractivity contribution in [1.29, 1.82) is 0 Å². The van der Waals surface area contributed by atoms with Gasteiger partial charge in [-0.1, -0.05) is 0 Å². The summed E-state index contributed by atoms with van der Waals surface area (Å²) in [4.78, 5) is 1.96. The molecule has 0 radical (unpaired) electrons. The van der Waals surface area contributed by atoms with E-state index in [9.17, 15) is 0 Å². The summed E-state index contributed by atoms with van der Waals surface area (Å²) in [6, 6.07) is 0. The summed E-state index contributed by atoms with van der Waals surface area (Å²) in [5.41, 5.74) is 1.27. The summed E-state index contributed by atoms with van der Waals surface area (Å²) in [6.45, 7) is 4.06. The van der Waals surface area contributed by atoms with E-state index in [2.05, 4.69) is 29.3 Å². The van der Waals surface area contributed by atoms with Gasteiger partial charge in [-0.3, -0.25) is 0 Å². The van der Waals surface area contributed by atoms with Crippen LogP contribution in [0.15, 0.2) is 22.7 Å². The predicted octanol–water partition coefficient (Wildman–Crippen LogP) is 2.01. The number of hydrogen-bond donors (Lipinski definition) is 0. The van der Waals surface area contributed by atoms with Gasteiger partial charge in [0.1, 0.15) is 0 Å². The van der Waals surface area contributed by atoms with Gasteiger partial charge < -0.3 is 0 Å². The van der Waals surface area contributed by atoms with Gasteiger partial charge in [-0.2, -0.15) is 0 Å². The molecule has 0 aromatic rings. The first-order valence-electron chi connectivity index (χ1n) is 2.22. The fourth-order valence-electron chi connectivity index (χ4n) is 0.302. The molecule has 0 aliphatic heterocycles. The Labute approximate surface area is 53.3 Å². The molecule has 1 heteroatoms. The molecule has 0 bridgehead atoms. The molecule has 7 heavy (non-hydrogen) atoms. The molecule has 0 fully saturated rings. The normalized spacial score (nSPS) is 13.1. The van der Waals surface area contributed by atoms with Gasteiger partial charge in [0.05, 0.1) is 0 Å². The van der Waals surface area contributed by atoms with Crippen molar-refractivity contribution < 1.29 is 16.3 Å². The van der Waals surface area contributed by atoms with Gasteiger partial charge in [0.15, 0.2) is 0 Å². The Hall–Kier alpha value is 0.0125. The molecule has 0 unspecified atom stereocenters. The molecule has 0 aromatic heterocycles. The minimum atomic E-state index is 1.27. The SMILES string of the molecule is CC=CC(C)=[CH][Cr]. The van der Waals surface area contributed by atoms with E-state index in [1.165, 1.54) is 5.57 Å². The summed E-state index contributed by atoms with van der Waals surface area (Å²) in [5.74, 6) is 0. The molecule has 0 atom stereocenters. The molecule has 0 amide bonds. The van der Waals surface area contributed by atoms with Crippen molar-refractivity contribution in [2.24, 2.45) is 0 Å². The second-order valence-corrected chi connectivity index (χ2v) is 1.73. The first-order chi connectivity index (χ1) is 3.31. The summed E-state index contributed by atoms with van der Waals surface area (Å²) in [5, 5.41) is 0. The molecular formula is C6H9Cr. The van der Waals surface area contributed by atoms with Crippen molar-refractivity contribution >= 4 is 0 Å². The first-order valence-corrected chi connectivity index (χ1v) is 2.96. The maximum atomic E-state index is 2.81. The predicted molar refractivity (Wildman–Crippen MR) is 28.6 cm³/mol. The fraction of sp³-hybridized carbons (Fsp3) is 0.333. The van der Waals surface area contributed by atoms with Gasteiger partial charge in [0, 0.05) is 0 Å². The number of rotatable bonds is 1. The Bertz CT molecular complexity index is 90.4. The Morgan fingerprint density at radius 3 is 2.29 bits per heavy atom. The van der Waals surface area contributed by atoms with Crippen molar-refractivity contribution in [1.82, 2.24) is 0 Å². The van der Waals surface area contributed by atoms with E-state index in [1.807, 2.05) is 17.9 Å². The molecule has 39 valence electrons. The maximum absolute atomic E-state index is 2.81. The molecule has 0 N–H and O–H groups in total. The fourth-order valence-corrected chi connectivity index (χ4v) is 0.425. The molecule has 0 nitrogen and oxygen atoms in total. The second kappa shape index (κ2) is 4.18. The van der Waals surface area contributed by atoms with E-state index in [0.717, 1.165) is 0 Å². The van der Waals surface area contributed by atoms with Crippen LogP contribution in [0.4, 0.5) is 0 Å². The van der Waals surface area contributed by atoms with E-state index >= 15 is 0 Å².